The van der Waals surface area contributed by atoms with Gasteiger partial charge in [0.15, 0.2) is 16.6 Å². The zero-order valence-corrected chi connectivity index (χ0v) is 10.2. The van der Waals surface area contributed by atoms with Crippen LogP contribution in [0.15, 0.2) is 16.5 Å². The molecule has 0 radical (unpaired) electrons. The van der Waals surface area contributed by atoms with Gasteiger partial charge in [-0.1, -0.05) is 0 Å². The topological polar surface area (TPSA) is 91.0 Å². The van der Waals surface area contributed by atoms with Crippen molar-refractivity contribution in [3.8, 4) is 0 Å². The van der Waals surface area contributed by atoms with Crippen LogP contribution >= 0.6 is 11.6 Å². The Hall–Kier alpha value is -1.53. The number of rotatable bonds is 2. The molecule has 0 aliphatic carbocycles. The van der Waals surface area contributed by atoms with Gasteiger partial charge in [0.05, 0.1) is 0 Å². The first-order valence-corrected chi connectivity index (χ1v) is 5.80. The van der Waals surface area contributed by atoms with Crippen molar-refractivity contribution in [1.82, 2.24) is 4.90 Å². The van der Waals surface area contributed by atoms with E-state index in [1.807, 2.05) is 0 Å². The largest absolute Gasteiger partial charge is 0.479 e. The van der Waals surface area contributed by atoms with Crippen molar-refractivity contribution in [2.75, 3.05) is 13.1 Å². The number of carboxylic acids is 1. The van der Waals surface area contributed by atoms with Crippen LogP contribution in [0.2, 0.25) is 5.22 Å². The summed E-state index contributed by atoms with van der Waals surface area (Å²) < 4.78 is 4.99. The summed E-state index contributed by atoms with van der Waals surface area (Å²) in [7, 11) is 0. The van der Waals surface area contributed by atoms with Gasteiger partial charge in [0.2, 0.25) is 0 Å². The number of nitrogens with zero attached hydrogens (tertiary/aromatic N) is 1. The van der Waals surface area contributed by atoms with Gasteiger partial charge in [-0.25, -0.2) is 4.79 Å². The highest BCUT2D eigenvalue weighted by Gasteiger charge is 2.40. The Kier molecular flexibility index (Phi) is 3.32. The molecule has 1 aromatic rings. The number of carboxylic acid groups (broad SMARTS) is 1. The average molecular weight is 274 g/mol. The zero-order valence-electron chi connectivity index (χ0n) is 9.43. The van der Waals surface area contributed by atoms with E-state index in [4.69, 9.17) is 21.1 Å². The molecule has 0 saturated carbocycles. The Morgan fingerprint density at radius 1 is 1.33 bits per heavy atom. The van der Waals surface area contributed by atoms with E-state index < -0.39 is 11.6 Å². The van der Waals surface area contributed by atoms with Crippen LogP contribution in [0.25, 0.3) is 0 Å². The number of halogens is 1. The fraction of sp³-hybridized carbons (Fsp3) is 0.455. The van der Waals surface area contributed by atoms with Gasteiger partial charge in [-0.05, 0) is 23.7 Å². The van der Waals surface area contributed by atoms with E-state index in [1.54, 1.807) is 0 Å². The highest BCUT2D eigenvalue weighted by atomic mass is 35.5. The molecule has 0 atom stereocenters. The third-order valence-electron chi connectivity index (χ3n) is 3.06. The van der Waals surface area contributed by atoms with Crippen LogP contribution in [-0.4, -0.2) is 45.7 Å². The smallest absolute Gasteiger partial charge is 0.335 e. The molecule has 2 heterocycles. The third-order valence-corrected chi connectivity index (χ3v) is 3.26. The number of carbonyl (C=O) groups is 2. The first kappa shape index (κ1) is 12.9. The molecule has 18 heavy (non-hydrogen) atoms. The van der Waals surface area contributed by atoms with Gasteiger partial charge in [0, 0.05) is 25.9 Å². The van der Waals surface area contributed by atoms with E-state index in [0.29, 0.717) is 0 Å². The maximum atomic E-state index is 11.9. The molecule has 7 heteroatoms. The number of hydrogen-bond donors (Lipinski definition) is 2. The lowest BCUT2D eigenvalue weighted by atomic mass is 9.91. The molecule has 2 rings (SSSR count). The highest BCUT2D eigenvalue weighted by molar-refractivity contribution is 6.29. The molecule has 6 nitrogen and oxygen atoms in total. The monoisotopic (exact) mass is 273 g/mol. The SMILES string of the molecule is O=C(c1ccc(Cl)o1)N1CCC(O)(C(=O)O)CC1. The number of aliphatic hydroxyl groups is 1. The molecule has 0 spiro atoms. The number of carbonyl (C=O) groups excluding carboxylic acids is 1. The molecular formula is C11H12ClNO5. The average Bonchev–Trinajstić information content (AvgIpc) is 2.76. The van der Waals surface area contributed by atoms with Crippen LogP contribution in [0.5, 0.6) is 0 Å². The Labute approximate surface area is 108 Å². The first-order chi connectivity index (χ1) is 8.42. The van der Waals surface area contributed by atoms with Crippen molar-refractivity contribution >= 4 is 23.5 Å². The summed E-state index contributed by atoms with van der Waals surface area (Å²) in [4.78, 5) is 24.2. The van der Waals surface area contributed by atoms with Crippen LogP contribution in [0.4, 0.5) is 0 Å². The van der Waals surface area contributed by atoms with E-state index >= 15 is 0 Å². The lowest BCUT2D eigenvalue weighted by Gasteiger charge is -2.34. The fourth-order valence-electron chi connectivity index (χ4n) is 1.88. The van der Waals surface area contributed by atoms with Crippen LogP contribution in [0.3, 0.4) is 0 Å². The van der Waals surface area contributed by atoms with Gasteiger partial charge in [0.25, 0.3) is 5.91 Å². The molecule has 0 unspecified atom stereocenters. The molecule has 1 aliphatic rings. The second-order valence-corrected chi connectivity index (χ2v) is 4.61. The summed E-state index contributed by atoms with van der Waals surface area (Å²) in [6, 6.07) is 2.93. The number of piperidine rings is 1. The standard InChI is InChI=1S/C11H12ClNO5/c12-8-2-1-7(18-8)9(14)13-5-3-11(17,4-6-13)10(15)16/h1-2,17H,3-6H2,(H,15,16). The Morgan fingerprint density at radius 3 is 2.39 bits per heavy atom. The predicted octanol–water partition coefficient (Wildman–Crippen LogP) is 0.985. The van der Waals surface area contributed by atoms with Crippen LogP contribution in [-0.2, 0) is 4.79 Å². The molecule has 0 bridgehead atoms. The molecule has 1 aromatic heterocycles. The third kappa shape index (κ3) is 2.34. The summed E-state index contributed by atoms with van der Waals surface area (Å²) in [5.41, 5.74) is -1.74. The molecule has 98 valence electrons. The minimum atomic E-state index is -1.74. The van der Waals surface area contributed by atoms with Crippen molar-refractivity contribution < 1.29 is 24.2 Å². The summed E-state index contributed by atoms with van der Waals surface area (Å²) in [5.74, 6) is -1.49. The lowest BCUT2D eigenvalue weighted by molar-refractivity contribution is -0.162. The molecule has 1 aliphatic heterocycles. The molecule has 1 amide bonds. The Bertz CT molecular complexity index is 476. The summed E-state index contributed by atoms with van der Waals surface area (Å²) in [6.07, 6.45) is 0.00499. The first-order valence-electron chi connectivity index (χ1n) is 5.43. The van der Waals surface area contributed by atoms with Crippen LogP contribution in [0, 0.1) is 0 Å². The number of hydrogen-bond acceptors (Lipinski definition) is 4. The van der Waals surface area contributed by atoms with Crippen LogP contribution in [0.1, 0.15) is 23.4 Å². The summed E-state index contributed by atoms with van der Waals surface area (Å²) >= 11 is 5.58. The van der Waals surface area contributed by atoms with Gasteiger partial charge in [-0.15, -0.1) is 0 Å². The molecule has 1 saturated heterocycles. The fourth-order valence-corrected chi connectivity index (χ4v) is 2.02. The van der Waals surface area contributed by atoms with E-state index in [1.165, 1.54) is 17.0 Å². The maximum absolute atomic E-state index is 11.9. The summed E-state index contributed by atoms with van der Waals surface area (Å²) in [6.45, 7) is 0.333. The van der Waals surface area contributed by atoms with Gasteiger partial charge >= 0.3 is 5.97 Å². The lowest BCUT2D eigenvalue weighted by Crippen LogP contribution is -2.50. The normalized spacial score (nSPS) is 18.7. The van der Waals surface area contributed by atoms with Crippen molar-refractivity contribution in [1.29, 1.82) is 0 Å². The Balaban J connectivity index is 2.02. The number of furan rings is 1. The van der Waals surface area contributed by atoms with Crippen molar-refractivity contribution in [3.63, 3.8) is 0 Å². The van der Waals surface area contributed by atoms with Gasteiger partial charge < -0.3 is 19.5 Å². The van der Waals surface area contributed by atoms with Crippen molar-refractivity contribution in [3.05, 3.63) is 23.1 Å². The van der Waals surface area contributed by atoms with E-state index in [2.05, 4.69) is 0 Å². The molecule has 1 fully saturated rings. The van der Waals surface area contributed by atoms with Crippen molar-refractivity contribution in [2.24, 2.45) is 0 Å². The molecule has 2 N–H and O–H groups in total. The predicted molar refractivity (Wildman–Crippen MR) is 61.4 cm³/mol. The van der Waals surface area contributed by atoms with E-state index in [9.17, 15) is 14.7 Å². The van der Waals surface area contributed by atoms with Gasteiger partial charge in [-0.3, -0.25) is 4.79 Å². The second kappa shape index (κ2) is 4.62. The maximum Gasteiger partial charge on any atom is 0.335 e. The highest BCUT2D eigenvalue weighted by Crippen LogP contribution is 2.24. The van der Waals surface area contributed by atoms with Crippen molar-refractivity contribution in [2.45, 2.75) is 18.4 Å². The minimum absolute atomic E-state index is 0.00249. The molecule has 0 aromatic carbocycles. The minimum Gasteiger partial charge on any atom is -0.479 e. The van der Waals surface area contributed by atoms with E-state index in [-0.39, 0.29) is 42.8 Å². The Morgan fingerprint density at radius 2 is 1.94 bits per heavy atom. The van der Waals surface area contributed by atoms with Gasteiger partial charge in [-0.2, -0.15) is 0 Å². The van der Waals surface area contributed by atoms with Crippen LogP contribution < -0.4 is 0 Å². The number of likely N-dealkylation sites (tertiary alicyclic amines) is 1. The number of aliphatic carboxylic acids is 1. The zero-order chi connectivity index (χ0) is 13.3. The summed E-state index contributed by atoms with van der Waals surface area (Å²) in [5, 5.41) is 18.7. The van der Waals surface area contributed by atoms with Gasteiger partial charge in [0.1, 0.15) is 0 Å². The van der Waals surface area contributed by atoms with E-state index in [0.717, 1.165) is 0 Å². The quantitative estimate of drug-likeness (QED) is 0.838. The molecular weight excluding hydrogens is 262 g/mol. The second-order valence-electron chi connectivity index (χ2n) is 4.23. The number of amides is 1.